The molecule has 0 amide bonds. The number of hydrogen-bond acceptors (Lipinski definition) is 2. The van der Waals surface area contributed by atoms with Crippen molar-refractivity contribution < 1.29 is 92.0 Å². The Hall–Kier alpha value is 1.31. The Bertz CT molecular complexity index is 112. The van der Waals surface area contributed by atoms with Gasteiger partial charge in [0.15, 0.2) is 0 Å². The minimum absolute atomic E-state index is 0. The summed E-state index contributed by atoms with van der Waals surface area (Å²) in [6.45, 7) is 0. The molecule has 54 valence electrons. The SMILES string of the molecule is O=C([O-])CCC(F)(F)F.[Cs+]. The molecular weight excluding hydrogens is 270 g/mol. The van der Waals surface area contributed by atoms with Crippen LogP contribution in [0.25, 0.3) is 0 Å². The third kappa shape index (κ3) is 12.0. The van der Waals surface area contributed by atoms with E-state index in [1.165, 1.54) is 0 Å². The summed E-state index contributed by atoms with van der Waals surface area (Å²) in [4.78, 5) is 9.43. The van der Waals surface area contributed by atoms with Crippen molar-refractivity contribution in [2.45, 2.75) is 19.0 Å². The molecule has 0 fully saturated rings. The Morgan fingerprint density at radius 2 is 1.80 bits per heavy atom. The summed E-state index contributed by atoms with van der Waals surface area (Å²) in [7, 11) is 0. The van der Waals surface area contributed by atoms with Crippen molar-refractivity contribution in [1.29, 1.82) is 0 Å². The molecule has 0 aliphatic rings. The van der Waals surface area contributed by atoms with E-state index in [4.69, 9.17) is 0 Å². The third-order valence-electron chi connectivity index (χ3n) is 0.613. The Balaban J connectivity index is 0. The van der Waals surface area contributed by atoms with Crippen molar-refractivity contribution in [2.24, 2.45) is 0 Å². The minimum atomic E-state index is -4.39. The van der Waals surface area contributed by atoms with E-state index in [0.717, 1.165) is 0 Å². The third-order valence-corrected chi connectivity index (χ3v) is 0.613. The number of hydrogen-bond donors (Lipinski definition) is 0. The number of carboxylic acids is 1. The number of alkyl halides is 3. The van der Waals surface area contributed by atoms with Gasteiger partial charge >= 0.3 is 75.1 Å². The van der Waals surface area contributed by atoms with E-state index in [1.54, 1.807) is 0 Å². The molecule has 0 saturated heterocycles. The summed E-state index contributed by atoms with van der Waals surface area (Å²) >= 11 is 0. The summed E-state index contributed by atoms with van der Waals surface area (Å²) in [5.41, 5.74) is 0. The van der Waals surface area contributed by atoms with E-state index in [2.05, 4.69) is 0 Å². The smallest absolute Gasteiger partial charge is 0.550 e. The van der Waals surface area contributed by atoms with E-state index in [9.17, 15) is 23.1 Å². The number of carbonyl (C=O) groups excluding carboxylic acids is 1. The maximum absolute atomic E-state index is 11.1. The van der Waals surface area contributed by atoms with E-state index in [0.29, 0.717) is 0 Å². The molecule has 0 aromatic carbocycles. The largest absolute Gasteiger partial charge is 1.00 e. The van der Waals surface area contributed by atoms with Crippen LogP contribution in [-0.2, 0) is 4.79 Å². The van der Waals surface area contributed by atoms with E-state index in [-0.39, 0.29) is 68.9 Å². The van der Waals surface area contributed by atoms with Gasteiger partial charge in [0.05, 0.1) is 0 Å². The van der Waals surface area contributed by atoms with Crippen LogP contribution in [0.5, 0.6) is 0 Å². The van der Waals surface area contributed by atoms with Crippen molar-refractivity contribution in [3.05, 3.63) is 0 Å². The molecule has 0 radical (unpaired) electrons. The van der Waals surface area contributed by atoms with E-state index < -0.39 is 25.0 Å². The van der Waals surface area contributed by atoms with Gasteiger partial charge < -0.3 is 9.90 Å². The van der Waals surface area contributed by atoms with Crippen molar-refractivity contribution >= 4 is 5.97 Å². The summed E-state index contributed by atoms with van der Waals surface area (Å²) in [5, 5.41) is 9.43. The molecule has 0 unspecified atom stereocenters. The second kappa shape index (κ2) is 5.90. The number of halogens is 3. The Morgan fingerprint density at radius 3 is 1.90 bits per heavy atom. The minimum Gasteiger partial charge on any atom is -0.550 e. The molecule has 2 nitrogen and oxygen atoms in total. The Morgan fingerprint density at radius 1 is 1.40 bits per heavy atom. The van der Waals surface area contributed by atoms with Crippen LogP contribution >= 0.6 is 0 Å². The van der Waals surface area contributed by atoms with Crippen molar-refractivity contribution in [1.82, 2.24) is 0 Å². The molecule has 6 heteroatoms. The summed E-state index contributed by atoms with van der Waals surface area (Å²) in [6, 6.07) is 0. The number of carbonyl (C=O) groups is 1. The fraction of sp³-hybridized carbons (Fsp3) is 0.750. The molecule has 0 N–H and O–H groups in total. The first-order valence-corrected chi connectivity index (χ1v) is 2.18. The van der Waals surface area contributed by atoms with Crippen LogP contribution in [0.4, 0.5) is 13.2 Å². The van der Waals surface area contributed by atoms with E-state index in [1.807, 2.05) is 0 Å². The fourth-order valence-corrected chi connectivity index (χ4v) is 0.244. The van der Waals surface area contributed by atoms with Gasteiger partial charge in [-0.2, -0.15) is 13.2 Å². The molecule has 0 aromatic heterocycles. The standard InChI is InChI=1S/C4H5F3O2.Cs/c5-4(6,7)2-1-3(8)9;/h1-2H2,(H,8,9);/q;+1/p-1. The van der Waals surface area contributed by atoms with Crippen molar-refractivity contribution in [3.63, 3.8) is 0 Å². The van der Waals surface area contributed by atoms with Gasteiger partial charge in [-0.1, -0.05) is 0 Å². The van der Waals surface area contributed by atoms with Gasteiger partial charge in [-0.05, 0) is 6.42 Å². The average Bonchev–Trinajstić information content (AvgIpc) is 1.59. The summed E-state index contributed by atoms with van der Waals surface area (Å²) in [5.74, 6) is -1.67. The second-order valence-electron chi connectivity index (χ2n) is 1.49. The molecule has 0 spiro atoms. The Kier molecular flexibility index (Phi) is 8.18. The zero-order chi connectivity index (χ0) is 7.49. The van der Waals surface area contributed by atoms with Crippen molar-refractivity contribution in [2.75, 3.05) is 0 Å². The van der Waals surface area contributed by atoms with Gasteiger partial charge in [-0.3, -0.25) is 0 Å². The molecule has 0 saturated carbocycles. The predicted molar refractivity (Wildman–Crippen MR) is 20.3 cm³/mol. The molecular formula is C4H4CsF3O2. The fourth-order valence-electron chi connectivity index (χ4n) is 0.244. The maximum Gasteiger partial charge on any atom is 1.00 e. The van der Waals surface area contributed by atoms with Crippen LogP contribution in [-0.4, -0.2) is 12.1 Å². The molecule has 0 atom stereocenters. The van der Waals surface area contributed by atoms with Crippen LogP contribution in [0, 0.1) is 0 Å². The van der Waals surface area contributed by atoms with Crippen LogP contribution in [0.1, 0.15) is 12.8 Å². The maximum atomic E-state index is 11.1. The molecule has 0 aliphatic heterocycles. The Labute approximate surface area is 115 Å². The molecule has 0 aromatic rings. The zero-order valence-corrected chi connectivity index (χ0v) is 11.6. The number of carboxylic acid groups (broad SMARTS) is 1. The molecule has 0 bridgehead atoms. The normalized spacial score (nSPS) is 10.3. The van der Waals surface area contributed by atoms with Gasteiger partial charge in [-0.15, -0.1) is 0 Å². The van der Waals surface area contributed by atoms with Crippen LogP contribution in [0.15, 0.2) is 0 Å². The summed E-state index contributed by atoms with van der Waals surface area (Å²) in [6.07, 6.45) is -6.65. The first kappa shape index (κ1) is 13.9. The second-order valence-corrected chi connectivity index (χ2v) is 1.49. The van der Waals surface area contributed by atoms with Crippen molar-refractivity contribution in [3.8, 4) is 0 Å². The monoisotopic (exact) mass is 274 g/mol. The topological polar surface area (TPSA) is 40.1 Å². The first-order valence-electron chi connectivity index (χ1n) is 2.18. The van der Waals surface area contributed by atoms with Crippen LogP contribution < -0.4 is 74.0 Å². The number of rotatable bonds is 2. The molecule has 0 rings (SSSR count). The molecule has 10 heavy (non-hydrogen) atoms. The van der Waals surface area contributed by atoms with E-state index >= 15 is 0 Å². The average molecular weight is 274 g/mol. The molecule has 0 heterocycles. The number of aliphatic carboxylic acids is 1. The van der Waals surface area contributed by atoms with Gasteiger partial charge in [-0.25, -0.2) is 0 Å². The van der Waals surface area contributed by atoms with Gasteiger partial charge in [0, 0.05) is 12.4 Å². The van der Waals surface area contributed by atoms with Crippen LogP contribution in [0.3, 0.4) is 0 Å². The molecule has 0 aliphatic carbocycles. The predicted octanol–water partition coefficient (Wildman–Crippen LogP) is -2.92. The summed E-state index contributed by atoms with van der Waals surface area (Å²) < 4.78 is 33.4. The first-order chi connectivity index (χ1) is 3.92. The van der Waals surface area contributed by atoms with Gasteiger partial charge in [0.1, 0.15) is 0 Å². The quantitative estimate of drug-likeness (QED) is 0.541. The van der Waals surface area contributed by atoms with Crippen LogP contribution in [0.2, 0.25) is 0 Å². The zero-order valence-electron chi connectivity index (χ0n) is 5.36. The van der Waals surface area contributed by atoms with Gasteiger partial charge in [0.2, 0.25) is 0 Å². The van der Waals surface area contributed by atoms with Gasteiger partial charge in [0.25, 0.3) is 0 Å².